The van der Waals surface area contributed by atoms with E-state index in [1.165, 1.54) is 6.42 Å². The first-order valence-electron chi connectivity index (χ1n) is 12.5. The molecule has 2 aromatic carbocycles. The van der Waals surface area contributed by atoms with Crippen LogP contribution in [0.5, 0.6) is 0 Å². The maximum Gasteiger partial charge on any atom is 0.253 e. The lowest BCUT2D eigenvalue weighted by molar-refractivity contribution is -0.114. The van der Waals surface area contributed by atoms with Crippen LogP contribution in [0.1, 0.15) is 47.4 Å². The molecule has 1 saturated heterocycles. The summed E-state index contributed by atoms with van der Waals surface area (Å²) >= 11 is 6.55. The van der Waals surface area contributed by atoms with Gasteiger partial charge in [-0.2, -0.15) is 0 Å². The molecule has 0 unspecified atom stereocenters. The maximum atomic E-state index is 12.8. The molecule has 3 heterocycles. The standard InChI is InChI=1S/C30H28ClN3O3/c31-27-18-23(21-6-8-22(9-7-21)30(36)34-14-2-1-3-15-34)16-24-17-26(37-29(24)27)12-11-25(35)10-4-20-5-13-28(32)33-19-20/h4-10,13,16-19H,1-3,11-12,14-15H2,(H2,32,33)/b10-4+. The second-order valence-electron chi connectivity index (χ2n) is 9.34. The van der Waals surface area contributed by atoms with Gasteiger partial charge in [-0.05, 0) is 90.6 Å². The van der Waals surface area contributed by atoms with Crippen LogP contribution in [0, 0.1) is 0 Å². The Bertz CT molecular complexity index is 1450. The molecule has 7 heteroatoms. The molecule has 0 saturated carbocycles. The predicted molar refractivity (Wildman–Crippen MR) is 147 cm³/mol. The number of rotatable bonds is 7. The van der Waals surface area contributed by atoms with Crippen molar-refractivity contribution in [3.8, 4) is 11.1 Å². The number of pyridine rings is 1. The SMILES string of the molecule is Nc1ccc(/C=C/C(=O)CCc2cc3cc(-c4ccc(C(=O)N5CCCCC5)cc4)cc(Cl)c3o2)cn1. The van der Waals surface area contributed by atoms with Crippen molar-refractivity contribution in [2.24, 2.45) is 0 Å². The van der Waals surface area contributed by atoms with Crippen LogP contribution in [0.3, 0.4) is 0 Å². The van der Waals surface area contributed by atoms with Gasteiger partial charge in [0.15, 0.2) is 11.4 Å². The highest BCUT2D eigenvalue weighted by Gasteiger charge is 2.18. The van der Waals surface area contributed by atoms with Crippen LogP contribution in [-0.2, 0) is 11.2 Å². The smallest absolute Gasteiger partial charge is 0.253 e. The lowest BCUT2D eigenvalue weighted by atomic mass is 10.0. The molecule has 1 aliphatic heterocycles. The number of aromatic nitrogens is 1. The van der Waals surface area contributed by atoms with Gasteiger partial charge in [0.25, 0.3) is 5.91 Å². The Kier molecular flexibility index (Phi) is 7.37. The molecule has 0 bridgehead atoms. The summed E-state index contributed by atoms with van der Waals surface area (Å²) in [4.78, 5) is 31.0. The zero-order chi connectivity index (χ0) is 25.8. The number of nitrogens with two attached hydrogens (primary N) is 1. The van der Waals surface area contributed by atoms with E-state index in [0.29, 0.717) is 40.6 Å². The van der Waals surface area contributed by atoms with Crippen molar-refractivity contribution in [3.63, 3.8) is 0 Å². The van der Waals surface area contributed by atoms with E-state index in [1.807, 2.05) is 53.4 Å². The molecule has 0 aliphatic carbocycles. The van der Waals surface area contributed by atoms with E-state index < -0.39 is 0 Å². The highest BCUT2D eigenvalue weighted by atomic mass is 35.5. The van der Waals surface area contributed by atoms with Crippen molar-refractivity contribution < 1.29 is 14.0 Å². The third-order valence-corrected chi connectivity index (χ3v) is 6.90. The highest BCUT2D eigenvalue weighted by Crippen LogP contribution is 2.33. The van der Waals surface area contributed by atoms with Crippen molar-refractivity contribution in [1.29, 1.82) is 0 Å². The van der Waals surface area contributed by atoms with Crippen molar-refractivity contribution in [2.45, 2.75) is 32.1 Å². The van der Waals surface area contributed by atoms with Crippen LogP contribution in [0.25, 0.3) is 28.2 Å². The number of anilines is 1. The van der Waals surface area contributed by atoms with Crippen LogP contribution in [-0.4, -0.2) is 34.7 Å². The van der Waals surface area contributed by atoms with E-state index in [4.69, 9.17) is 21.8 Å². The fourth-order valence-corrected chi connectivity index (χ4v) is 4.84. The number of fused-ring (bicyclic) bond motifs is 1. The van der Waals surface area contributed by atoms with Gasteiger partial charge >= 0.3 is 0 Å². The number of halogens is 1. The largest absolute Gasteiger partial charge is 0.459 e. The quantitative estimate of drug-likeness (QED) is 0.282. The molecule has 5 rings (SSSR count). The van der Waals surface area contributed by atoms with Crippen LogP contribution < -0.4 is 5.73 Å². The number of carbonyl (C=O) groups is 2. The van der Waals surface area contributed by atoms with Crippen molar-refractivity contribution in [2.75, 3.05) is 18.8 Å². The van der Waals surface area contributed by atoms with Crippen molar-refractivity contribution in [3.05, 3.63) is 88.8 Å². The minimum atomic E-state index is -0.0109. The number of nitrogen functional groups attached to an aromatic ring is 1. The minimum Gasteiger partial charge on any atom is -0.459 e. The Hall–Kier alpha value is -3.90. The van der Waals surface area contributed by atoms with E-state index in [0.717, 1.165) is 48.0 Å². The number of benzene rings is 2. The normalized spacial score (nSPS) is 13.9. The summed E-state index contributed by atoms with van der Waals surface area (Å²) < 4.78 is 5.95. The summed E-state index contributed by atoms with van der Waals surface area (Å²) in [5, 5.41) is 1.39. The van der Waals surface area contributed by atoms with Gasteiger partial charge in [-0.15, -0.1) is 0 Å². The number of carbonyl (C=O) groups excluding carboxylic acids is 2. The lowest BCUT2D eigenvalue weighted by Crippen LogP contribution is -2.35. The third-order valence-electron chi connectivity index (χ3n) is 6.62. The number of aryl methyl sites for hydroxylation is 1. The molecule has 0 radical (unpaired) electrons. The lowest BCUT2D eigenvalue weighted by Gasteiger charge is -2.26. The third kappa shape index (κ3) is 5.92. The summed E-state index contributed by atoms with van der Waals surface area (Å²) in [6.07, 6.45) is 9.01. The van der Waals surface area contributed by atoms with Gasteiger partial charge in [0.1, 0.15) is 11.6 Å². The van der Waals surface area contributed by atoms with E-state index in [1.54, 1.807) is 24.4 Å². The topological polar surface area (TPSA) is 89.4 Å². The maximum absolute atomic E-state index is 12.8. The van der Waals surface area contributed by atoms with Crippen LogP contribution in [0.2, 0.25) is 5.02 Å². The zero-order valence-electron chi connectivity index (χ0n) is 20.5. The van der Waals surface area contributed by atoms with E-state index in [9.17, 15) is 9.59 Å². The monoisotopic (exact) mass is 513 g/mol. The second-order valence-corrected chi connectivity index (χ2v) is 9.74. The summed E-state index contributed by atoms with van der Waals surface area (Å²) in [6, 6.07) is 17.0. The van der Waals surface area contributed by atoms with Gasteiger partial charge in [-0.25, -0.2) is 4.98 Å². The van der Waals surface area contributed by atoms with Gasteiger partial charge < -0.3 is 15.1 Å². The summed E-state index contributed by atoms with van der Waals surface area (Å²) in [5.41, 5.74) is 9.62. The number of likely N-dealkylation sites (tertiary alicyclic amines) is 1. The van der Waals surface area contributed by atoms with Gasteiger partial charge in [0.2, 0.25) is 0 Å². The molecule has 188 valence electrons. The molecule has 6 nitrogen and oxygen atoms in total. The van der Waals surface area contributed by atoms with E-state index in [2.05, 4.69) is 4.98 Å². The first-order valence-corrected chi connectivity index (χ1v) is 12.9. The zero-order valence-corrected chi connectivity index (χ0v) is 21.2. The Labute approximate surface area is 220 Å². The average Bonchev–Trinajstić information content (AvgIpc) is 3.35. The molecule has 2 N–H and O–H groups in total. The number of hydrogen-bond acceptors (Lipinski definition) is 5. The molecule has 1 amide bonds. The minimum absolute atomic E-state index is 0.0109. The Morgan fingerprint density at radius 1 is 1.00 bits per heavy atom. The molecule has 2 aromatic heterocycles. The van der Waals surface area contributed by atoms with E-state index >= 15 is 0 Å². The molecule has 0 atom stereocenters. The first-order chi connectivity index (χ1) is 18.0. The van der Waals surface area contributed by atoms with Crippen LogP contribution >= 0.6 is 11.6 Å². The Morgan fingerprint density at radius 3 is 2.51 bits per heavy atom. The highest BCUT2D eigenvalue weighted by molar-refractivity contribution is 6.35. The molecule has 1 aliphatic rings. The predicted octanol–water partition coefficient (Wildman–Crippen LogP) is 6.57. The first kappa shape index (κ1) is 24.8. The molecule has 1 fully saturated rings. The van der Waals surface area contributed by atoms with Gasteiger partial charge in [-0.1, -0.05) is 23.7 Å². The molecule has 4 aromatic rings. The fourth-order valence-electron chi connectivity index (χ4n) is 4.57. The summed E-state index contributed by atoms with van der Waals surface area (Å²) in [6.45, 7) is 1.66. The molecule has 37 heavy (non-hydrogen) atoms. The van der Waals surface area contributed by atoms with Gasteiger partial charge in [0.05, 0.1) is 5.02 Å². The van der Waals surface area contributed by atoms with Crippen molar-refractivity contribution >= 4 is 46.2 Å². The molecule has 0 spiro atoms. The van der Waals surface area contributed by atoms with Gasteiger partial charge in [0, 0.05) is 43.1 Å². The van der Waals surface area contributed by atoms with E-state index in [-0.39, 0.29) is 11.7 Å². The molecular formula is C30H28ClN3O3. The van der Waals surface area contributed by atoms with Crippen molar-refractivity contribution in [1.82, 2.24) is 9.88 Å². The number of hydrogen-bond donors (Lipinski definition) is 1. The number of ketones is 1. The summed E-state index contributed by atoms with van der Waals surface area (Å²) in [5.74, 6) is 1.22. The number of amides is 1. The number of allylic oxidation sites excluding steroid dienone is 1. The van der Waals surface area contributed by atoms with Crippen LogP contribution in [0.15, 0.2) is 71.3 Å². The fraction of sp³-hybridized carbons (Fsp3) is 0.233. The number of nitrogens with zero attached hydrogens (tertiary/aromatic N) is 2. The Morgan fingerprint density at radius 2 is 1.78 bits per heavy atom. The van der Waals surface area contributed by atoms with Crippen LogP contribution in [0.4, 0.5) is 5.82 Å². The summed E-state index contributed by atoms with van der Waals surface area (Å²) in [7, 11) is 0. The Balaban J connectivity index is 1.26. The van der Waals surface area contributed by atoms with Gasteiger partial charge in [-0.3, -0.25) is 9.59 Å². The average molecular weight is 514 g/mol. The number of furan rings is 1. The molecular weight excluding hydrogens is 486 g/mol. The number of piperidine rings is 1. The second kappa shape index (κ2) is 11.0.